The van der Waals surface area contributed by atoms with Crippen LogP contribution >= 0.6 is 11.6 Å². The second kappa shape index (κ2) is 9.13. The summed E-state index contributed by atoms with van der Waals surface area (Å²) in [6.07, 6.45) is 3.43. The third kappa shape index (κ3) is 6.35. The van der Waals surface area contributed by atoms with Crippen molar-refractivity contribution in [1.29, 1.82) is 0 Å². The average Bonchev–Trinajstić information content (AvgIpc) is 2.59. The van der Waals surface area contributed by atoms with Gasteiger partial charge in [-0.05, 0) is 48.8 Å². The van der Waals surface area contributed by atoms with Gasteiger partial charge in [0.15, 0.2) is 0 Å². The highest BCUT2D eigenvalue weighted by molar-refractivity contribution is 6.30. The predicted molar refractivity (Wildman–Crippen MR) is 112 cm³/mol. The molecule has 0 spiro atoms. The molecule has 0 unspecified atom stereocenters. The van der Waals surface area contributed by atoms with Crippen LogP contribution in [0.25, 0.3) is 0 Å². The molecule has 2 fully saturated rings. The van der Waals surface area contributed by atoms with Crippen molar-refractivity contribution in [3.8, 4) is 0 Å². The van der Waals surface area contributed by atoms with Gasteiger partial charge in [-0.2, -0.15) is 0 Å². The number of hydrogen-bond acceptors (Lipinski definition) is 3. The fourth-order valence-electron chi connectivity index (χ4n) is 4.98. The maximum atomic E-state index is 10.5. The summed E-state index contributed by atoms with van der Waals surface area (Å²) in [7, 11) is 0. The molecule has 1 aromatic carbocycles. The minimum absolute atomic E-state index is 0.299. The first-order valence-electron chi connectivity index (χ1n) is 10.4. The van der Waals surface area contributed by atoms with Gasteiger partial charge in [-0.25, -0.2) is 0 Å². The lowest BCUT2D eigenvalue weighted by molar-refractivity contribution is -0.903. The molecule has 0 bridgehead atoms. The molecular weight excluding hydrogens is 360 g/mol. The largest absolute Gasteiger partial charge is 0.385 e. The second-order valence-electron chi connectivity index (χ2n) is 9.44. The molecule has 2 N–H and O–H groups in total. The summed E-state index contributed by atoms with van der Waals surface area (Å²) < 4.78 is 6.11. The van der Waals surface area contributed by atoms with E-state index >= 15 is 0 Å². The van der Waals surface area contributed by atoms with Crippen LogP contribution in [0.5, 0.6) is 0 Å². The third-order valence-corrected chi connectivity index (χ3v) is 6.27. The van der Waals surface area contributed by atoms with Gasteiger partial charge >= 0.3 is 0 Å². The van der Waals surface area contributed by atoms with E-state index in [1.165, 1.54) is 17.0 Å². The van der Waals surface area contributed by atoms with Crippen LogP contribution in [0, 0.1) is 11.3 Å². The smallest absolute Gasteiger partial charge is 0.126 e. The molecule has 152 valence electrons. The first-order valence-corrected chi connectivity index (χ1v) is 10.8. The standard InChI is InChI=1S/C22H35ClN2O2/c1-17-11-21(14-22(2,3)13-17)27-16-20(26)15-24-7-9-25(10-8-24)19-6-4-5-18(23)12-19/h4-6,12,17,20-21,26H,7-11,13-16H2,1-3H3/p+1/t17-,20+,21-/m0/s1. The van der Waals surface area contributed by atoms with Crippen LogP contribution in [-0.4, -0.2) is 56.6 Å². The van der Waals surface area contributed by atoms with Crippen molar-refractivity contribution < 1.29 is 14.7 Å². The van der Waals surface area contributed by atoms with E-state index in [4.69, 9.17) is 16.3 Å². The molecule has 0 radical (unpaired) electrons. The molecule has 5 heteroatoms. The molecule has 2 aliphatic rings. The van der Waals surface area contributed by atoms with E-state index in [1.54, 1.807) is 0 Å². The Bertz CT molecular complexity index is 602. The molecule has 1 saturated heterocycles. The molecule has 0 aromatic heterocycles. The number of piperazine rings is 1. The van der Waals surface area contributed by atoms with Crippen molar-refractivity contribution in [1.82, 2.24) is 0 Å². The zero-order valence-corrected chi connectivity index (χ0v) is 17.8. The number of aliphatic hydroxyl groups is 1. The molecule has 1 aliphatic carbocycles. The topological polar surface area (TPSA) is 37.1 Å². The van der Waals surface area contributed by atoms with Gasteiger partial charge in [0.25, 0.3) is 0 Å². The number of aliphatic hydroxyl groups excluding tert-OH is 1. The number of anilines is 1. The highest BCUT2D eigenvalue weighted by Gasteiger charge is 2.33. The Hall–Kier alpha value is -0.810. The lowest BCUT2D eigenvalue weighted by atomic mass is 9.71. The van der Waals surface area contributed by atoms with Crippen LogP contribution in [0.1, 0.15) is 40.0 Å². The molecule has 1 heterocycles. The SMILES string of the molecule is C[C@H]1C[C@H](OC[C@H](O)C[NH+]2CCN(c3cccc(Cl)c3)CC2)CC(C)(C)C1. The Morgan fingerprint density at radius 2 is 2.04 bits per heavy atom. The van der Waals surface area contributed by atoms with Gasteiger partial charge in [0.05, 0.1) is 38.9 Å². The second-order valence-corrected chi connectivity index (χ2v) is 9.88. The van der Waals surface area contributed by atoms with Crippen LogP contribution in [0.15, 0.2) is 24.3 Å². The number of nitrogens with zero attached hydrogens (tertiary/aromatic N) is 1. The van der Waals surface area contributed by atoms with Crippen molar-refractivity contribution in [3.05, 3.63) is 29.3 Å². The van der Waals surface area contributed by atoms with E-state index < -0.39 is 0 Å². The first kappa shape index (κ1) is 20.9. The average molecular weight is 396 g/mol. The zero-order chi connectivity index (χ0) is 19.4. The van der Waals surface area contributed by atoms with Crippen molar-refractivity contribution in [2.75, 3.05) is 44.2 Å². The van der Waals surface area contributed by atoms with Crippen LogP contribution < -0.4 is 9.80 Å². The van der Waals surface area contributed by atoms with E-state index in [-0.39, 0.29) is 6.10 Å². The summed E-state index contributed by atoms with van der Waals surface area (Å²) in [5, 5.41) is 11.3. The number of nitrogens with one attached hydrogen (secondary N) is 1. The molecule has 27 heavy (non-hydrogen) atoms. The van der Waals surface area contributed by atoms with Gasteiger partial charge in [0, 0.05) is 10.7 Å². The summed E-state index contributed by atoms with van der Waals surface area (Å²) in [4.78, 5) is 3.84. The summed E-state index contributed by atoms with van der Waals surface area (Å²) in [5.74, 6) is 0.709. The van der Waals surface area contributed by atoms with Crippen LogP contribution in [-0.2, 0) is 4.74 Å². The van der Waals surface area contributed by atoms with Crippen molar-refractivity contribution in [2.24, 2.45) is 11.3 Å². The minimum atomic E-state index is -0.377. The number of quaternary nitrogens is 1. The van der Waals surface area contributed by atoms with Crippen LogP contribution in [0.2, 0.25) is 5.02 Å². The fourth-order valence-corrected chi connectivity index (χ4v) is 5.17. The molecular formula is C22H36ClN2O2+. The van der Waals surface area contributed by atoms with Gasteiger partial charge in [-0.3, -0.25) is 0 Å². The Kier molecular flexibility index (Phi) is 7.07. The highest BCUT2D eigenvalue weighted by Crippen LogP contribution is 2.39. The summed E-state index contributed by atoms with van der Waals surface area (Å²) in [5.41, 5.74) is 1.55. The number of benzene rings is 1. The van der Waals surface area contributed by atoms with E-state index in [9.17, 15) is 5.11 Å². The Balaban J connectivity index is 1.39. The van der Waals surface area contributed by atoms with Crippen molar-refractivity contribution in [3.63, 3.8) is 0 Å². The summed E-state index contributed by atoms with van der Waals surface area (Å²) in [6, 6.07) is 8.07. The Labute approximate surface area is 169 Å². The predicted octanol–water partition coefficient (Wildman–Crippen LogP) is 2.64. The third-order valence-electron chi connectivity index (χ3n) is 6.04. The maximum Gasteiger partial charge on any atom is 0.126 e. The van der Waals surface area contributed by atoms with Gasteiger partial charge < -0.3 is 19.6 Å². The van der Waals surface area contributed by atoms with E-state index in [0.717, 1.165) is 50.6 Å². The van der Waals surface area contributed by atoms with Crippen molar-refractivity contribution in [2.45, 2.75) is 52.2 Å². The first-order chi connectivity index (χ1) is 12.8. The number of halogens is 1. The molecule has 1 aromatic rings. The fraction of sp³-hybridized carbons (Fsp3) is 0.727. The molecule has 3 atom stereocenters. The zero-order valence-electron chi connectivity index (χ0n) is 17.1. The number of ether oxygens (including phenoxy) is 1. The Morgan fingerprint density at radius 1 is 1.30 bits per heavy atom. The monoisotopic (exact) mass is 395 g/mol. The quantitative estimate of drug-likeness (QED) is 0.777. The van der Waals surface area contributed by atoms with Crippen LogP contribution in [0.4, 0.5) is 5.69 Å². The lowest BCUT2D eigenvalue weighted by Gasteiger charge is -2.39. The molecule has 0 amide bonds. The van der Waals surface area contributed by atoms with Crippen molar-refractivity contribution >= 4 is 17.3 Å². The van der Waals surface area contributed by atoms with E-state index in [1.807, 2.05) is 18.2 Å². The normalized spacial score (nSPS) is 27.5. The van der Waals surface area contributed by atoms with Gasteiger partial charge in [0.1, 0.15) is 12.6 Å². The van der Waals surface area contributed by atoms with Crippen LogP contribution in [0.3, 0.4) is 0 Å². The van der Waals surface area contributed by atoms with Gasteiger partial charge in [0.2, 0.25) is 0 Å². The molecule has 4 nitrogen and oxygen atoms in total. The van der Waals surface area contributed by atoms with E-state index in [2.05, 4.69) is 31.7 Å². The molecule has 1 saturated carbocycles. The minimum Gasteiger partial charge on any atom is -0.385 e. The number of rotatable bonds is 6. The summed E-state index contributed by atoms with van der Waals surface area (Å²) >= 11 is 6.11. The number of hydrogen-bond donors (Lipinski definition) is 2. The van der Waals surface area contributed by atoms with Gasteiger partial charge in [-0.15, -0.1) is 0 Å². The maximum absolute atomic E-state index is 10.5. The molecule has 3 rings (SSSR count). The van der Waals surface area contributed by atoms with Gasteiger partial charge in [-0.1, -0.05) is 38.4 Å². The summed E-state index contributed by atoms with van der Waals surface area (Å²) in [6.45, 7) is 12.3. The highest BCUT2D eigenvalue weighted by atomic mass is 35.5. The molecule has 1 aliphatic heterocycles. The lowest BCUT2D eigenvalue weighted by Crippen LogP contribution is -3.16. The Morgan fingerprint density at radius 3 is 2.70 bits per heavy atom. The van der Waals surface area contributed by atoms with E-state index in [0.29, 0.717) is 24.0 Å².